The fourth-order valence-electron chi connectivity index (χ4n) is 1.85. The van der Waals surface area contributed by atoms with Crippen molar-refractivity contribution >= 4 is 0 Å². The molecule has 0 fully saturated rings. The molecule has 0 N–H and O–H groups in total. The van der Waals surface area contributed by atoms with Gasteiger partial charge in [0.25, 0.3) is 0 Å². The van der Waals surface area contributed by atoms with E-state index in [2.05, 4.69) is 36.5 Å². The second kappa shape index (κ2) is 5.81. The molecule has 0 saturated carbocycles. The summed E-state index contributed by atoms with van der Waals surface area (Å²) in [6.45, 7) is 0. The predicted octanol–water partition coefficient (Wildman–Crippen LogP) is 3.74. The molecule has 18 heavy (non-hydrogen) atoms. The molecule has 0 aliphatic carbocycles. The van der Waals surface area contributed by atoms with Crippen LogP contribution >= 0.6 is 0 Å². The average molecular weight is 409 g/mol. The molecule has 0 aliphatic rings. The molecule has 3 rings (SSSR count). The van der Waals surface area contributed by atoms with Crippen molar-refractivity contribution < 1.29 is 20.1 Å². The Bertz CT molecular complexity index is 600. The van der Waals surface area contributed by atoms with E-state index < -0.39 is 0 Å². The van der Waals surface area contributed by atoms with Crippen LogP contribution in [-0.2, 0) is 20.1 Å². The van der Waals surface area contributed by atoms with Gasteiger partial charge in [-0.3, -0.25) is 0 Å². The molecule has 1 heterocycles. The Kier molecular flexibility index (Phi) is 4.14. The third-order valence-corrected chi connectivity index (χ3v) is 2.70. The topological polar surface area (TPSA) is 4.93 Å². The molecule has 0 spiro atoms. The van der Waals surface area contributed by atoms with Crippen LogP contribution in [0.3, 0.4) is 0 Å². The monoisotopic (exact) mass is 410 g/mol. The number of hydrogen-bond donors (Lipinski definition) is 0. The maximum Gasteiger partial charge on any atom is 0 e. The van der Waals surface area contributed by atoms with Gasteiger partial charge in [-0.05, 0) is 5.56 Å². The smallest absolute Gasteiger partial charge is 0 e. The predicted molar refractivity (Wildman–Crippen MR) is 68.9 cm³/mol. The van der Waals surface area contributed by atoms with Crippen molar-refractivity contribution in [2.75, 3.05) is 0 Å². The molecule has 0 saturated heterocycles. The quantitative estimate of drug-likeness (QED) is 0.569. The van der Waals surface area contributed by atoms with Crippen LogP contribution in [0, 0.1) is 12.3 Å². The molecule has 1 radical (unpaired) electrons. The first kappa shape index (κ1) is 12.8. The maximum absolute atomic E-state index is 3.21. The molecule has 2 aromatic carbocycles. The van der Waals surface area contributed by atoms with E-state index in [0.717, 1.165) is 5.69 Å². The Hall–Kier alpha value is -1.63. The van der Waals surface area contributed by atoms with Gasteiger partial charge in [0.05, 0.1) is 0 Å². The van der Waals surface area contributed by atoms with Crippen molar-refractivity contribution in [3.63, 3.8) is 0 Å². The zero-order valence-corrected chi connectivity index (χ0v) is 12.0. The van der Waals surface area contributed by atoms with Gasteiger partial charge in [0.1, 0.15) is 0 Å². The van der Waals surface area contributed by atoms with Crippen LogP contribution in [0.5, 0.6) is 0 Å². The molecule has 2 heteroatoms. The first-order chi connectivity index (χ1) is 8.43. The molecule has 0 amide bonds. The molecule has 3 aromatic rings. The van der Waals surface area contributed by atoms with Crippen LogP contribution < -0.4 is 0 Å². The Labute approximate surface area is 120 Å². The summed E-state index contributed by atoms with van der Waals surface area (Å²) < 4.78 is 1.94. The molecular formula is C16H11IrN-2. The Morgan fingerprint density at radius 2 is 1.67 bits per heavy atom. The Balaban J connectivity index is 0.00000120. The molecule has 0 atom stereocenters. The van der Waals surface area contributed by atoms with E-state index in [1.807, 2.05) is 47.2 Å². The summed E-state index contributed by atoms with van der Waals surface area (Å²) in [7, 11) is 0. The van der Waals surface area contributed by atoms with Crippen LogP contribution in [0.25, 0.3) is 16.8 Å². The molecule has 0 unspecified atom stereocenters. The molecular weight excluding hydrogens is 398 g/mol. The average Bonchev–Trinajstić information content (AvgIpc) is 2.94. The summed E-state index contributed by atoms with van der Waals surface area (Å²) in [6.07, 6.45) is 5.09. The minimum absolute atomic E-state index is 0. The molecule has 0 aliphatic heterocycles. The van der Waals surface area contributed by atoms with E-state index >= 15 is 0 Å². The van der Waals surface area contributed by atoms with Crippen molar-refractivity contribution in [2.24, 2.45) is 0 Å². The standard InChI is InChI=1S/C16H11N.Ir/c1-2-7-14(8-3-1)15-9-6-10-16(13-15)17-11-4-5-12-17;/h1-9,11,13H;/q-2;. The van der Waals surface area contributed by atoms with Gasteiger partial charge in [-0.1, -0.05) is 36.5 Å². The van der Waals surface area contributed by atoms with E-state index in [1.54, 1.807) is 0 Å². The summed E-state index contributed by atoms with van der Waals surface area (Å²) in [5, 5.41) is 0. The van der Waals surface area contributed by atoms with E-state index in [1.165, 1.54) is 11.1 Å². The third kappa shape index (κ3) is 2.61. The van der Waals surface area contributed by atoms with Crippen LogP contribution in [0.4, 0.5) is 0 Å². The Morgan fingerprint density at radius 1 is 0.833 bits per heavy atom. The van der Waals surface area contributed by atoms with Crippen molar-refractivity contribution in [1.82, 2.24) is 4.57 Å². The van der Waals surface area contributed by atoms with Crippen molar-refractivity contribution in [1.29, 1.82) is 0 Å². The second-order valence-corrected chi connectivity index (χ2v) is 3.84. The SMILES string of the molecule is [Ir].[c-]1ccc(-c2ccccc2)cc1-n1[c-]ccc1. The molecule has 1 aromatic heterocycles. The minimum Gasteiger partial charge on any atom is -0.471 e. The van der Waals surface area contributed by atoms with Crippen molar-refractivity contribution in [3.8, 4) is 16.8 Å². The van der Waals surface area contributed by atoms with Crippen LogP contribution in [0.2, 0.25) is 0 Å². The minimum atomic E-state index is 0. The van der Waals surface area contributed by atoms with Gasteiger partial charge in [-0.15, -0.1) is 17.8 Å². The summed E-state index contributed by atoms with van der Waals surface area (Å²) in [4.78, 5) is 0. The number of nitrogens with zero attached hydrogens (tertiary/aromatic N) is 1. The van der Waals surface area contributed by atoms with Gasteiger partial charge in [-0.25, -0.2) is 6.07 Å². The van der Waals surface area contributed by atoms with Crippen molar-refractivity contribution in [2.45, 2.75) is 0 Å². The fraction of sp³-hybridized carbons (Fsp3) is 0. The summed E-state index contributed by atoms with van der Waals surface area (Å²) in [5.41, 5.74) is 3.42. The van der Waals surface area contributed by atoms with Gasteiger partial charge < -0.3 is 4.57 Å². The van der Waals surface area contributed by atoms with Gasteiger partial charge >= 0.3 is 0 Å². The molecule has 1 nitrogen and oxygen atoms in total. The van der Waals surface area contributed by atoms with E-state index in [0.29, 0.717) is 0 Å². The van der Waals surface area contributed by atoms with Crippen LogP contribution in [0.15, 0.2) is 66.9 Å². The van der Waals surface area contributed by atoms with Crippen LogP contribution in [0.1, 0.15) is 0 Å². The van der Waals surface area contributed by atoms with Gasteiger partial charge in [0.15, 0.2) is 0 Å². The zero-order chi connectivity index (χ0) is 11.5. The fourth-order valence-corrected chi connectivity index (χ4v) is 1.85. The normalized spacial score (nSPS) is 9.78. The first-order valence-corrected chi connectivity index (χ1v) is 5.56. The number of hydrogen-bond acceptors (Lipinski definition) is 0. The number of rotatable bonds is 2. The summed E-state index contributed by atoms with van der Waals surface area (Å²) in [6, 6.07) is 23.5. The van der Waals surface area contributed by atoms with E-state index in [4.69, 9.17) is 0 Å². The van der Waals surface area contributed by atoms with Crippen molar-refractivity contribution in [3.05, 3.63) is 79.1 Å². The van der Waals surface area contributed by atoms with E-state index in [9.17, 15) is 0 Å². The van der Waals surface area contributed by atoms with E-state index in [-0.39, 0.29) is 20.1 Å². The third-order valence-electron chi connectivity index (χ3n) is 2.70. The van der Waals surface area contributed by atoms with Gasteiger partial charge in [0, 0.05) is 20.1 Å². The second-order valence-electron chi connectivity index (χ2n) is 3.84. The van der Waals surface area contributed by atoms with Gasteiger partial charge in [0.2, 0.25) is 0 Å². The number of benzene rings is 2. The largest absolute Gasteiger partial charge is 0.471 e. The van der Waals surface area contributed by atoms with Crippen LogP contribution in [-0.4, -0.2) is 4.57 Å². The summed E-state index contributed by atoms with van der Waals surface area (Å²) in [5.74, 6) is 0. The molecule has 0 bridgehead atoms. The molecule has 91 valence electrons. The number of aromatic nitrogens is 1. The van der Waals surface area contributed by atoms with Gasteiger partial charge in [-0.2, -0.15) is 30.0 Å². The maximum atomic E-state index is 3.21. The summed E-state index contributed by atoms with van der Waals surface area (Å²) >= 11 is 0. The first-order valence-electron chi connectivity index (χ1n) is 5.56. The Morgan fingerprint density at radius 3 is 2.39 bits per heavy atom. The zero-order valence-electron chi connectivity index (χ0n) is 9.63.